The minimum Gasteiger partial charge on any atom is -0.418 e. The van der Waals surface area contributed by atoms with Crippen LogP contribution in [0, 0.1) is 0 Å². The summed E-state index contributed by atoms with van der Waals surface area (Å²) in [7, 11) is 0. The van der Waals surface area contributed by atoms with Crippen molar-refractivity contribution in [2.45, 2.75) is 0 Å². The van der Waals surface area contributed by atoms with Gasteiger partial charge in [-0.05, 0) is 22.0 Å². The summed E-state index contributed by atoms with van der Waals surface area (Å²) in [5.74, 6) is 0.0758. The third-order valence-electron chi connectivity index (χ3n) is 0.729. The molecule has 10 heavy (non-hydrogen) atoms. The van der Waals surface area contributed by atoms with Crippen LogP contribution < -0.4 is 4.74 Å². The minimum absolute atomic E-state index is 0.0758. The highest BCUT2D eigenvalue weighted by Crippen LogP contribution is 2.20. The molecule has 0 bridgehead atoms. The molecule has 0 aromatic carbocycles. The van der Waals surface area contributed by atoms with Crippen LogP contribution in [0.3, 0.4) is 0 Å². The molecular formula is C5H2BrClO3. The van der Waals surface area contributed by atoms with Crippen molar-refractivity contribution in [3.05, 3.63) is 16.8 Å². The Morgan fingerprint density at radius 2 is 2.40 bits per heavy atom. The second kappa shape index (κ2) is 3.07. The van der Waals surface area contributed by atoms with Gasteiger partial charge >= 0.3 is 5.43 Å². The lowest BCUT2D eigenvalue weighted by atomic mass is 10.7. The van der Waals surface area contributed by atoms with Gasteiger partial charge < -0.3 is 9.15 Å². The lowest BCUT2D eigenvalue weighted by Gasteiger charge is -1.89. The summed E-state index contributed by atoms with van der Waals surface area (Å²) in [6.45, 7) is 0. The number of carbonyl (C=O) groups excluding carboxylic acids is 1. The van der Waals surface area contributed by atoms with E-state index < -0.39 is 5.43 Å². The topological polar surface area (TPSA) is 39.4 Å². The predicted octanol–water partition coefficient (Wildman–Crippen LogP) is 2.78. The van der Waals surface area contributed by atoms with Crippen LogP contribution in [0.1, 0.15) is 0 Å². The highest BCUT2D eigenvalue weighted by molar-refractivity contribution is 9.10. The van der Waals surface area contributed by atoms with Crippen LogP contribution >= 0.6 is 27.5 Å². The van der Waals surface area contributed by atoms with Gasteiger partial charge in [0.05, 0.1) is 0 Å². The van der Waals surface area contributed by atoms with E-state index in [1.54, 1.807) is 6.07 Å². The Bertz CT molecular complexity index is 245. The largest absolute Gasteiger partial charge is 0.418 e. The first kappa shape index (κ1) is 7.63. The second-order valence-corrected chi connectivity index (χ2v) is 2.49. The van der Waals surface area contributed by atoms with E-state index in [1.165, 1.54) is 6.07 Å². The van der Waals surface area contributed by atoms with Gasteiger partial charge in [0, 0.05) is 17.7 Å². The molecule has 0 atom stereocenters. The van der Waals surface area contributed by atoms with Crippen LogP contribution in [0.4, 0.5) is 4.79 Å². The molecule has 0 saturated heterocycles. The van der Waals surface area contributed by atoms with Crippen LogP contribution in [-0.4, -0.2) is 5.43 Å². The first-order valence-electron chi connectivity index (χ1n) is 2.31. The van der Waals surface area contributed by atoms with E-state index in [0.29, 0.717) is 4.67 Å². The van der Waals surface area contributed by atoms with Gasteiger partial charge in [0.25, 0.3) is 5.95 Å². The molecule has 0 radical (unpaired) electrons. The molecule has 0 saturated carbocycles. The molecule has 0 amide bonds. The monoisotopic (exact) mass is 224 g/mol. The number of rotatable bonds is 1. The average Bonchev–Trinajstić information content (AvgIpc) is 2.13. The second-order valence-electron chi connectivity index (χ2n) is 1.40. The Kier molecular flexibility index (Phi) is 2.34. The van der Waals surface area contributed by atoms with Crippen molar-refractivity contribution >= 4 is 33.0 Å². The molecule has 0 N–H and O–H groups in total. The average molecular weight is 225 g/mol. The van der Waals surface area contributed by atoms with E-state index in [2.05, 4.69) is 20.7 Å². The zero-order valence-electron chi connectivity index (χ0n) is 4.64. The van der Waals surface area contributed by atoms with E-state index in [4.69, 9.17) is 16.0 Å². The summed E-state index contributed by atoms with van der Waals surface area (Å²) in [5.41, 5.74) is -0.915. The van der Waals surface area contributed by atoms with Crippen molar-refractivity contribution in [2.75, 3.05) is 0 Å². The summed E-state index contributed by atoms with van der Waals surface area (Å²) in [4.78, 5) is 10.1. The zero-order valence-corrected chi connectivity index (χ0v) is 6.98. The van der Waals surface area contributed by atoms with Crippen LogP contribution in [-0.2, 0) is 0 Å². The number of carbonyl (C=O) groups is 1. The van der Waals surface area contributed by atoms with Gasteiger partial charge in [-0.15, -0.1) is 0 Å². The zero-order chi connectivity index (χ0) is 7.56. The number of halogens is 2. The van der Waals surface area contributed by atoms with Crippen molar-refractivity contribution in [2.24, 2.45) is 0 Å². The van der Waals surface area contributed by atoms with Crippen molar-refractivity contribution in [1.29, 1.82) is 0 Å². The quantitative estimate of drug-likeness (QED) is 0.690. The maximum atomic E-state index is 10.1. The standard InChI is InChI=1S/C5H2BrClO3/c6-3-1-2-4(9-3)10-5(7)8/h1-2H. The Morgan fingerprint density at radius 3 is 2.80 bits per heavy atom. The van der Waals surface area contributed by atoms with Crippen molar-refractivity contribution < 1.29 is 13.9 Å². The molecule has 1 aromatic rings. The molecule has 1 rings (SSSR count). The molecule has 0 spiro atoms. The first-order valence-corrected chi connectivity index (χ1v) is 3.48. The third kappa shape index (κ3) is 2.04. The van der Waals surface area contributed by atoms with Crippen molar-refractivity contribution in [3.8, 4) is 5.95 Å². The normalized spacial score (nSPS) is 9.40. The van der Waals surface area contributed by atoms with Gasteiger partial charge in [-0.25, -0.2) is 4.79 Å². The fraction of sp³-hybridized carbons (Fsp3) is 0. The fourth-order valence-electron chi connectivity index (χ4n) is 0.432. The minimum atomic E-state index is -0.915. The van der Waals surface area contributed by atoms with Crippen molar-refractivity contribution in [3.63, 3.8) is 0 Å². The van der Waals surface area contributed by atoms with Gasteiger partial charge in [0.2, 0.25) is 0 Å². The first-order chi connectivity index (χ1) is 4.68. The Hall–Kier alpha value is -0.480. The number of ether oxygens (including phenoxy) is 1. The Balaban J connectivity index is 2.67. The molecule has 0 aliphatic heterocycles. The van der Waals surface area contributed by atoms with Crippen molar-refractivity contribution in [1.82, 2.24) is 0 Å². The van der Waals surface area contributed by atoms with Gasteiger partial charge in [-0.2, -0.15) is 0 Å². The number of furan rings is 1. The number of hydrogen-bond acceptors (Lipinski definition) is 3. The van der Waals surface area contributed by atoms with Crippen LogP contribution in [0.25, 0.3) is 0 Å². The summed E-state index contributed by atoms with van der Waals surface area (Å²) >= 11 is 7.91. The summed E-state index contributed by atoms with van der Waals surface area (Å²) in [5, 5.41) is 0. The van der Waals surface area contributed by atoms with E-state index in [-0.39, 0.29) is 5.95 Å². The SMILES string of the molecule is O=C(Cl)Oc1ccc(Br)o1. The molecular weight excluding hydrogens is 223 g/mol. The molecule has 3 nitrogen and oxygen atoms in total. The van der Waals surface area contributed by atoms with E-state index in [9.17, 15) is 4.79 Å². The highest BCUT2D eigenvalue weighted by atomic mass is 79.9. The lowest BCUT2D eigenvalue weighted by Crippen LogP contribution is -1.93. The smallest absolute Gasteiger partial charge is 0.411 e. The highest BCUT2D eigenvalue weighted by Gasteiger charge is 2.03. The van der Waals surface area contributed by atoms with E-state index >= 15 is 0 Å². The maximum absolute atomic E-state index is 10.1. The summed E-state index contributed by atoms with van der Waals surface area (Å²) in [6.07, 6.45) is 0. The fourth-order valence-corrected chi connectivity index (χ4v) is 0.799. The van der Waals surface area contributed by atoms with Crippen LogP contribution in [0.15, 0.2) is 21.2 Å². The molecule has 0 fully saturated rings. The van der Waals surface area contributed by atoms with Crippen LogP contribution in [0.2, 0.25) is 0 Å². The molecule has 1 heterocycles. The van der Waals surface area contributed by atoms with Gasteiger partial charge in [-0.3, -0.25) is 0 Å². The Labute approximate surface area is 70.0 Å². The molecule has 1 aromatic heterocycles. The molecule has 0 unspecified atom stereocenters. The number of hydrogen-bond donors (Lipinski definition) is 0. The van der Waals surface area contributed by atoms with E-state index in [1.807, 2.05) is 0 Å². The van der Waals surface area contributed by atoms with Gasteiger partial charge in [0.15, 0.2) is 4.67 Å². The van der Waals surface area contributed by atoms with E-state index in [0.717, 1.165) is 0 Å². The Morgan fingerprint density at radius 1 is 1.70 bits per heavy atom. The van der Waals surface area contributed by atoms with Gasteiger partial charge in [0.1, 0.15) is 0 Å². The summed E-state index contributed by atoms with van der Waals surface area (Å²) in [6, 6.07) is 3.07. The van der Waals surface area contributed by atoms with Crippen LogP contribution in [0.5, 0.6) is 5.95 Å². The predicted molar refractivity (Wildman–Crippen MR) is 38.3 cm³/mol. The molecule has 54 valence electrons. The maximum Gasteiger partial charge on any atom is 0.411 e. The third-order valence-corrected chi connectivity index (χ3v) is 1.23. The van der Waals surface area contributed by atoms with Gasteiger partial charge in [-0.1, -0.05) is 0 Å². The lowest BCUT2D eigenvalue weighted by molar-refractivity contribution is 0.212. The molecule has 0 aliphatic carbocycles. The summed E-state index contributed by atoms with van der Waals surface area (Å²) < 4.78 is 9.63. The molecule has 0 aliphatic rings. The molecule has 5 heteroatoms.